The second-order valence-corrected chi connectivity index (χ2v) is 19.6. The van der Waals surface area contributed by atoms with Crippen LogP contribution in [0.3, 0.4) is 0 Å². The molecule has 0 radical (unpaired) electrons. The van der Waals surface area contributed by atoms with Gasteiger partial charge in [0.1, 0.15) is 46.0 Å². The number of methoxy groups -OCH3 is 8. The number of carbonyl (C=O) groups excluding carboxylic acids is 4. The summed E-state index contributed by atoms with van der Waals surface area (Å²) in [5, 5.41) is 13.4. The lowest BCUT2D eigenvalue weighted by Gasteiger charge is -2.34. The van der Waals surface area contributed by atoms with Crippen molar-refractivity contribution in [3.8, 4) is 46.0 Å². The van der Waals surface area contributed by atoms with Crippen LogP contribution < -0.4 is 59.2 Å². The average molecular weight is 989 g/mol. The molecule has 2 aliphatic heterocycles. The van der Waals surface area contributed by atoms with Crippen LogP contribution in [-0.4, -0.2) is 105 Å². The van der Waals surface area contributed by atoms with Gasteiger partial charge in [0.15, 0.2) is 0 Å². The summed E-state index contributed by atoms with van der Waals surface area (Å²) in [6, 6.07) is 13.8. The average Bonchev–Trinajstić information content (AvgIpc) is 3.40. The van der Waals surface area contributed by atoms with Crippen molar-refractivity contribution in [3.63, 3.8) is 0 Å². The quantitative estimate of drug-likeness (QED) is 0.138. The molecule has 72 heavy (non-hydrogen) atoms. The first-order valence-corrected chi connectivity index (χ1v) is 25.1. The summed E-state index contributed by atoms with van der Waals surface area (Å²) in [5.74, 6) is -0.339. The molecule has 5 aliphatic rings. The minimum absolute atomic E-state index is 0.0466. The molecule has 2 saturated carbocycles. The van der Waals surface area contributed by atoms with Gasteiger partial charge in [-0.2, -0.15) is 0 Å². The van der Waals surface area contributed by atoms with Gasteiger partial charge in [0.05, 0.1) is 56.9 Å². The second-order valence-electron chi connectivity index (χ2n) is 19.6. The first-order valence-electron chi connectivity index (χ1n) is 25.1. The molecule has 2 fully saturated rings. The standard InChI is InChI=1S/C56H68N4O12/c1-65-45-25-46(66-2)34-17-33(45)29-21-53(61)57-41-13-9-10-14-42(41)58-54(62)22-30(34)39-20-40(52(72-8)28-51(39)71-7)32-24-56(64)60-44-16-12-11-15-43(44)59-55(63)23-31(35-18-36(32)48(68-4)26-47(35)67-3)38-19-37(29)49(69-5)27-50(38)70-6/h17-20,25-32,41-44H,9-16,21-24H2,1-8H3,(H,57,61)(H,58,62)(H,59,63)(H,60,64)/t29?,30?,31?,32?,41-,42-,43-,44-/m0/s1. The van der Waals surface area contributed by atoms with Crippen molar-refractivity contribution >= 4 is 23.6 Å². The van der Waals surface area contributed by atoms with Gasteiger partial charge in [0.25, 0.3) is 0 Å². The number of hydrogen-bond donors (Lipinski definition) is 4. The van der Waals surface area contributed by atoms with Gasteiger partial charge in [0, 0.05) is 142 Å². The molecule has 12 bridgehead atoms. The summed E-state index contributed by atoms with van der Waals surface area (Å²) >= 11 is 0. The van der Waals surface area contributed by atoms with Crippen molar-refractivity contribution in [1.29, 1.82) is 0 Å². The van der Waals surface area contributed by atoms with Crippen molar-refractivity contribution in [2.75, 3.05) is 56.9 Å². The van der Waals surface area contributed by atoms with E-state index in [2.05, 4.69) is 21.3 Å². The van der Waals surface area contributed by atoms with Gasteiger partial charge in [-0.1, -0.05) is 25.7 Å². The van der Waals surface area contributed by atoms with Crippen molar-refractivity contribution in [2.45, 2.75) is 125 Å². The first-order chi connectivity index (χ1) is 34.9. The maximum atomic E-state index is 14.9. The molecule has 9 rings (SSSR count). The van der Waals surface area contributed by atoms with Crippen LogP contribution in [0.15, 0.2) is 48.5 Å². The fourth-order valence-corrected chi connectivity index (χ4v) is 12.3. The molecule has 0 unspecified atom stereocenters. The van der Waals surface area contributed by atoms with E-state index in [1.807, 2.05) is 36.4 Å². The molecule has 0 spiro atoms. The molecule has 384 valence electrons. The largest absolute Gasteiger partial charge is 0.496 e. The van der Waals surface area contributed by atoms with Gasteiger partial charge >= 0.3 is 0 Å². The molecule has 4 aromatic carbocycles. The number of benzene rings is 4. The van der Waals surface area contributed by atoms with Crippen LogP contribution in [0.25, 0.3) is 0 Å². The lowest BCUT2D eigenvalue weighted by atomic mass is 9.77. The second kappa shape index (κ2) is 21.5. The fourth-order valence-electron chi connectivity index (χ4n) is 12.3. The minimum atomic E-state index is -0.737. The van der Waals surface area contributed by atoms with Crippen LogP contribution in [0.5, 0.6) is 46.0 Å². The highest BCUT2D eigenvalue weighted by Gasteiger charge is 2.40. The Labute approximate surface area is 421 Å². The summed E-state index contributed by atoms with van der Waals surface area (Å²) in [6.07, 6.45) is 6.12. The molecule has 4 amide bonds. The van der Waals surface area contributed by atoms with Gasteiger partial charge in [0.2, 0.25) is 23.6 Å². The van der Waals surface area contributed by atoms with E-state index >= 15 is 0 Å². The zero-order valence-electron chi connectivity index (χ0n) is 42.6. The molecular formula is C56H68N4O12. The fraction of sp³-hybridized carbons (Fsp3) is 0.500. The van der Waals surface area contributed by atoms with E-state index < -0.39 is 23.7 Å². The normalized spacial score (nSPS) is 25.1. The molecule has 3 aliphatic carbocycles. The topological polar surface area (TPSA) is 190 Å². The number of amides is 4. The Morgan fingerprint density at radius 3 is 0.611 bits per heavy atom. The van der Waals surface area contributed by atoms with Gasteiger partial charge in [-0.25, -0.2) is 0 Å². The monoisotopic (exact) mass is 988 g/mol. The molecule has 2 heterocycles. The van der Waals surface area contributed by atoms with Crippen molar-refractivity contribution in [2.24, 2.45) is 0 Å². The summed E-state index contributed by atoms with van der Waals surface area (Å²) in [5.41, 5.74) is 5.04. The summed E-state index contributed by atoms with van der Waals surface area (Å²) in [6.45, 7) is 0. The highest BCUT2D eigenvalue weighted by Crippen LogP contribution is 2.53. The summed E-state index contributed by atoms with van der Waals surface area (Å²) < 4.78 is 50.0. The van der Waals surface area contributed by atoms with Crippen LogP contribution in [0, 0.1) is 0 Å². The van der Waals surface area contributed by atoms with E-state index in [-0.39, 0.29) is 73.5 Å². The van der Waals surface area contributed by atoms with Gasteiger partial charge in [-0.15, -0.1) is 0 Å². The first kappa shape index (κ1) is 50.1. The van der Waals surface area contributed by atoms with E-state index in [1.54, 1.807) is 69.0 Å². The highest BCUT2D eigenvalue weighted by molar-refractivity contribution is 5.83. The SMILES string of the molecule is COc1cc(OC)c2cc1C1CC(=O)N[C@H]3CCCC[C@@H]3NC(=O)CC2c2cc(c(OC)cc2OC)C2CC(=O)N[C@H]3CCCC[C@@H]3NC(=O)CC(c3cc2c(OC)cc3OC)c2cc1c(OC)cc2OC. The van der Waals surface area contributed by atoms with Crippen LogP contribution in [-0.2, 0) is 19.2 Å². The molecule has 16 heteroatoms. The molecule has 0 aromatic heterocycles. The Hall–Kier alpha value is -6.84. The number of carbonyl (C=O) groups is 4. The van der Waals surface area contributed by atoms with E-state index in [1.165, 1.54) is 0 Å². The Balaban J connectivity index is 1.46. The Morgan fingerprint density at radius 2 is 0.458 bits per heavy atom. The third kappa shape index (κ3) is 9.63. The number of nitrogens with one attached hydrogen (secondary N) is 4. The van der Waals surface area contributed by atoms with E-state index in [9.17, 15) is 19.2 Å². The maximum absolute atomic E-state index is 14.9. The number of rotatable bonds is 8. The molecule has 0 saturated heterocycles. The lowest BCUT2D eigenvalue weighted by Crippen LogP contribution is -2.53. The van der Waals surface area contributed by atoms with Crippen molar-refractivity contribution < 1.29 is 57.1 Å². The van der Waals surface area contributed by atoms with Crippen LogP contribution in [0.1, 0.15) is 145 Å². The molecule has 4 aromatic rings. The van der Waals surface area contributed by atoms with E-state index in [0.29, 0.717) is 116 Å². The Kier molecular flexibility index (Phi) is 15.0. The van der Waals surface area contributed by atoms with E-state index in [4.69, 9.17) is 37.9 Å². The highest BCUT2D eigenvalue weighted by atomic mass is 16.5. The maximum Gasteiger partial charge on any atom is 0.221 e. The third-order valence-corrected chi connectivity index (χ3v) is 15.8. The summed E-state index contributed by atoms with van der Waals surface area (Å²) in [4.78, 5) is 59.4. The van der Waals surface area contributed by atoms with Crippen LogP contribution in [0.2, 0.25) is 0 Å². The summed E-state index contributed by atoms with van der Waals surface area (Å²) in [7, 11) is 12.6. The Bertz CT molecular complexity index is 2380. The Morgan fingerprint density at radius 1 is 0.292 bits per heavy atom. The van der Waals surface area contributed by atoms with Gasteiger partial charge < -0.3 is 59.2 Å². The van der Waals surface area contributed by atoms with Gasteiger partial charge in [-0.05, 0) is 49.9 Å². The zero-order chi connectivity index (χ0) is 50.8. The third-order valence-electron chi connectivity index (χ3n) is 15.8. The predicted octanol–water partition coefficient (Wildman–Crippen LogP) is 7.27. The van der Waals surface area contributed by atoms with Crippen LogP contribution in [0.4, 0.5) is 0 Å². The lowest BCUT2D eigenvalue weighted by molar-refractivity contribution is -0.125. The van der Waals surface area contributed by atoms with Gasteiger partial charge in [-0.3, -0.25) is 19.2 Å². The smallest absolute Gasteiger partial charge is 0.221 e. The number of hydrogen-bond acceptors (Lipinski definition) is 12. The predicted molar refractivity (Wildman–Crippen MR) is 269 cm³/mol. The van der Waals surface area contributed by atoms with Crippen molar-refractivity contribution in [1.82, 2.24) is 21.3 Å². The van der Waals surface area contributed by atoms with E-state index in [0.717, 1.165) is 25.7 Å². The minimum Gasteiger partial charge on any atom is -0.496 e. The van der Waals surface area contributed by atoms with Crippen LogP contribution >= 0.6 is 0 Å². The molecule has 16 nitrogen and oxygen atoms in total. The number of fused-ring (bicyclic) bond motifs is 10. The zero-order valence-corrected chi connectivity index (χ0v) is 42.6. The molecule has 4 atom stereocenters. The number of ether oxygens (including phenoxy) is 8. The van der Waals surface area contributed by atoms with Crippen molar-refractivity contribution in [3.05, 3.63) is 93.0 Å². The molecule has 4 N–H and O–H groups in total. The molecular weight excluding hydrogens is 921 g/mol.